The molecule has 2 aromatic carbocycles. The lowest BCUT2D eigenvalue weighted by atomic mass is 9.83. The third-order valence-electron chi connectivity index (χ3n) is 9.45. The Morgan fingerprint density at radius 2 is 1.61 bits per heavy atom. The quantitative estimate of drug-likeness (QED) is 0.150. The highest BCUT2D eigenvalue weighted by Gasteiger charge is 2.76. The number of rotatable bonds is 10. The molecular formula is C31H45Cl2N6O2+. The first-order valence-corrected chi connectivity index (χ1v) is 14.5. The van der Waals surface area contributed by atoms with E-state index < -0.39 is 5.54 Å². The molecule has 2 aromatic rings. The van der Waals surface area contributed by atoms with Gasteiger partial charge in [0.15, 0.2) is 11.5 Å². The number of nitrogens with one attached hydrogen (secondary N) is 3. The molecule has 2 saturated carbocycles. The molecule has 8 nitrogen and oxygen atoms in total. The number of halogens is 2. The molecule has 0 aromatic heterocycles. The summed E-state index contributed by atoms with van der Waals surface area (Å²) in [7, 11) is 0. The number of carbonyl (C=O) groups excluding carboxylic acids is 2. The summed E-state index contributed by atoms with van der Waals surface area (Å²) >= 11 is 0. The second-order valence-electron chi connectivity index (χ2n) is 11.9. The monoisotopic (exact) mass is 603 g/mol. The van der Waals surface area contributed by atoms with Crippen molar-refractivity contribution in [3.8, 4) is 0 Å². The number of quaternary nitrogens is 1. The van der Waals surface area contributed by atoms with Crippen molar-refractivity contribution in [1.82, 2.24) is 5.32 Å². The molecule has 1 unspecified atom stereocenters. The largest absolute Gasteiger partial charge is 0.370 e. The van der Waals surface area contributed by atoms with Gasteiger partial charge in [0.05, 0.1) is 6.54 Å². The zero-order valence-corrected chi connectivity index (χ0v) is 25.3. The van der Waals surface area contributed by atoms with Crippen molar-refractivity contribution in [2.24, 2.45) is 23.3 Å². The molecule has 3 fully saturated rings. The minimum atomic E-state index is -0.828. The Bertz CT molecular complexity index is 1190. The summed E-state index contributed by atoms with van der Waals surface area (Å²) in [6.07, 6.45) is 9.37. The number of piperidine rings is 1. The van der Waals surface area contributed by atoms with Gasteiger partial charge >= 0.3 is 5.91 Å². The van der Waals surface area contributed by atoms with E-state index in [-0.39, 0.29) is 59.0 Å². The number of hydrogen-bond donors (Lipinski definition) is 5. The molecule has 224 valence electrons. The highest BCUT2D eigenvalue weighted by Crippen LogP contribution is 2.59. The Labute approximate surface area is 255 Å². The highest BCUT2D eigenvalue weighted by atomic mass is 35.5. The standard InChI is InChI=1S/C31H42N6O2.2ClH/c32-29(39)31-19-25(31)12-7-17-37(31,21-24-13-15-26(16-14-24)36-30(33)34)28(38)27(18-22-8-3-1-4-9-22)35-20-23-10-5-2-6-11-23;;/h2,5-6,10-11,13-16,22,25,27,35H,1,3-4,7-9,12,17-21H2,(H5-,32,33,34,36,39);2*1H/p+1/t25-,27-,31+,37?;;/m1../s1. The highest BCUT2D eigenvalue weighted by molar-refractivity contribution is 5.91. The number of guanidine groups is 1. The SMILES string of the molecule is Cl.Cl.N=C(N)Nc1ccc(C[N+]2(C(=O)[C@@H](CC3CCCCC3)NCc3ccccc3)CCC[C@@H]3C[C@@]32C(N)=O)cc1. The number of nitrogens with two attached hydrogens (primary N) is 2. The average molecular weight is 605 g/mol. The van der Waals surface area contributed by atoms with Crippen LogP contribution >= 0.6 is 24.8 Å². The molecule has 0 bridgehead atoms. The van der Waals surface area contributed by atoms with Gasteiger partial charge in [-0.1, -0.05) is 74.6 Å². The third-order valence-corrected chi connectivity index (χ3v) is 9.45. The number of carbonyl (C=O) groups is 2. The van der Waals surface area contributed by atoms with Crippen molar-refractivity contribution in [3.63, 3.8) is 0 Å². The number of anilines is 1. The molecule has 7 N–H and O–H groups in total. The summed E-state index contributed by atoms with van der Waals surface area (Å²) in [4.78, 5) is 28.1. The smallest absolute Gasteiger partial charge is 0.331 e. The first kappa shape index (κ1) is 32.9. The molecule has 1 heterocycles. The van der Waals surface area contributed by atoms with Crippen molar-refractivity contribution in [1.29, 1.82) is 5.41 Å². The van der Waals surface area contributed by atoms with Gasteiger partial charge in [-0.15, -0.1) is 24.8 Å². The predicted octanol–water partition coefficient (Wildman–Crippen LogP) is 4.85. The van der Waals surface area contributed by atoms with Gasteiger partial charge < -0.3 is 16.8 Å². The van der Waals surface area contributed by atoms with E-state index in [2.05, 4.69) is 22.8 Å². The molecule has 2 amide bonds. The first-order chi connectivity index (χ1) is 18.8. The van der Waals surface area contributed by atoms with Gasteiger partial charge in [-0.25, -0.2) is 9.28 Å². The maximum absolute atomic E-state index is 14.9. The van der Waals surface area contributed by atoms with Gasteiger partial charge in [-0.3, -0.25) is 15.5 Å². The Kier molecular flexibility index (Phi) is 11.2. The van der Waals surface area contributed by atoms with Crippen LogP contribution in [-0.4, -0.2) is 40.4 Å². The van der Waals surface area contributed by atoms with Crippen LogP contribution in [0.4, 0.5) is 5.69 Å². The summed E-state index contributed by atoms with van der Waals surface area (Å²) in [5.74, 6) is 0.326. The van der Waals surface area contributed by atoms with Crippen LogP contribution in [0.3, 0.4) is 0 Å². The molecule has 0 spiro atoms. The van der Waals surface area contributed by atoms with Gasteiger partial charge in [0, 0.05) is 30.1 Å². The number of nitrogens with zero attached hydrogens (tertiary/aromatic N) is 1. The van der Waals surface area contributed by atoms with E-state index in [1.165, 1.54) is 19.3 Å². The molecule has 0 radical (unpaired) electrons. The number of likely N-dealkylation sites (tertiary alicyclic amines) is 1. The number of fused-ring (bicyclic) bond motifs is 1. The zero-order chi connectivity index (χ0) is 27.5. The summed E-state index contributed by atoms with van der Waals surface area (Å²) < 4.78 is 0.103. The van der Waals surface area contributed by atoms with Crippen molar-refractivity contribution in [3.05, 3.63) is 65.7 Å². The van der Waals surface area contributed by atoms with Gasteiger partial charge in [-0.05, 0) is 42.9 Å². The van der Waals surface area contributed by atoms with Gasteiger partial charge in [-0.2, -0.15) is 0 Å². The molecule has 41 heavy (non-hydrogen) atoms. The Balaban J connectivity index is 0.00000231. The topological polar surface area (TPSA) is 134 Å². The summed E-state index contributed by atoms with van der Waals surface area (Å²) in [6.45, 7) is 1.68. The fourth-order valence-electron chi connectivity index (χ4n) is 7.43. The third kappa shape index (κ3) is 6.88. The van der Waals surface area contributed by atoms with Gasteiger partial charge in [0.1, 0.15) is 12.6 Å². The lowest BCUT2D eigenvalue weighted by Crippen LogP contribution is -2.71. The van der Waals surface area contributed by atoms with E-state index >= 15 is 0 Å². The average Bonchev–Trinajstić information content (AvgIpc) is 3.70. The predicted molar refractivity (Wildman–Crippen MR) is 168 cm³/mol. The van der Waals surface area contributed by atoms with Crippen molar-refractivity contribution in [2.75, 3.05) is 11.9 Å². The minimum absolute atomic E-state index is 0. The lowest BCUT2D eigenvalue weighted by molar-refractivity contribution is -0.900. The van der Waals surface area contributed by atoms with E-state index in [9.17, 15) is 9.59 Å². The molecule has 4 atom stereocenters. The van der Waals surface area contributed by atoms with Crippen LogP contribution in [0.15, 0.2) is 54.6 Å². The number of hydrogen-bond acceptors (Lipinski definition) is 4. The molecule has 3 aliphatic rings. The molecule has 5 rings (SSSR count). The normalized spacial score (nSPS) is 25.9. The van der Waals surface area contributed by atoms with Crippen LogP contribution in [0.25, 0.3) is 0 Å². The van der Waals surface area contributed by atoms with Crippen molar-refractivity contribution < 1.29 is 14.1 Å². The molecule has 2 aliphatic carbocycles. The number of primary amides is 1. The van der Waals surface area contributed by atoms with Crippen LogP contribution < -0.4 is 22.1 Å². The van der Waals surface area contributed by atoms with Crippen LogP contribution in [-0.2, 0) is 22.7 Å². The maximum atomic E-state index is 14.9. The Morgan fingerprint density at radius 1 is 0.927 bits per heavy atom. The molecule has 1 aliphatic heterocycles. The van der Waals surface area contributed by atoms with Crippen LogP contribution in [0.2, 0.25) is 0 Å². The fourth-order valence-corrected chi connectivity index (χ4v) is 7.43. The van der Waals surface area contributed by atoms with Gasteiger partial charge in [0.2, 0.25) is 0 Å². The van der Waals surface area contributed by atoms with E-state index in [0.29, 0.717) is 32.0 Å². The van der Waals surface area contributed by atoms with E-state index in [1.54, 1.807) is 0 Å². The minimum Gasteiger partial charge on any atom is -0.370 e. The second-order valence-corrected chi connectivity index (χ2v) is 11.9. The van der Waals surface area contributed by atoms with Crippen LogP contribution in [0, 0.1) is 17.2 Å². The first-order valence-electron chi connectivity index (χ1n) is 14.5. The molecular weight excluding hydrogens is 559 g/mol. The number of benzene rings is 2. The van der Waals surface area contributed by atoms with E-state index in [0.717, 1.165) is 48.9 Å². The second kappa shape index (κ2) is 14.0. The van der Waals surface area contributed by atoms with Gasteiger partial charge in [0.25, 0.3) is 5.91 Å². The fraction of sp³-hybridized carbons (Fsp3) is 0.516. The Hall–Kier alpha value is -2.65. The summed E-state index contributed by atoms with van der Waals surface area (Å²) in [6, 6.07) is 17.5. The summed E-state index contributed by atoms with van der Waals surface area (Å²) in [5, 5.41) is 14.0. The Morgan fingerprint density at radius 3 is 2.24 bits per heavy atom. The maximum Gasteiger partial charge on any atom is 0.331 e. The zero-order valence-electron chi connectivity index (χ0n) is 23.6. The van der Waals surface area contributed by atoms with Crippen molar-refractivity contribution in [2.45, 2.75) is 82.5 Å². The van der Waals surface area contributed by atoms with E-state index in [1.807, 2.05) is 42.5 Å². The van der Waals surface area contributed by atoms with Crippen LogP contribution in [0.5, 0.6) is 0 Å². The van der Waals surface area contributed by atoms with Crippen LogP contribution in [0.1, 0.15) is 68.9 Å². The molecule has 1 saturated heterocycles. The van der Waals surface area contributed by atoms with Crippen molar-refractivity contribution >= 4 is 48.3 Å². The molecule has 10 heteroatoms. The van der Waals surface area contributed by atoms with E-state index in [4.69, 9.17) is 16.9 Å². The lowest BCUT2D eigenvalue weighted by Gasteiger charge is -2.46. The number of amides is 2. The summed E-state index contributed by atoms with van der Waals surface area (Å²) in [5.41, 5.74) is 13.7.